The molecular formula is C20H34N3O6P. The molecule has 0 heterocycles. The maximum atomic E-state index is 12.9. The number of ether oxygens (including phenoxy) is 1. The highest BCUT2D eigenvalue weighted by Crippen LogP contribution is 2.41. The highest BCUT2D eigenvalue weighted by atomic mass is 31.2. The fraction of sp³-hybridized carbons (Fsp3) is 0.600. The van der Waals surface area contributed by atoms with Gasteiger partial charge in [-0.1, -0.05) is 32.9 Å². The summed E-state index contributed by atoms with van der Waals surface area (Å²) in [6.45, 7) is 5.20. The Morgan fingerprint density at radius 3 is 2.20 bits per heavy atom. The van der Waals surface area contributed by atoms with Crippen molar-refractivity contribution in [3.8, 4) is 5.75 Å². The van der Waals surface area contributed by atoms with Crippen LogP contribution in [0.25, 0.3) is 0 Å². The van der Waals surface area contributed by atoms with E-state index >= 15 is 0 Å². The first kappa shape index (κ1) is 26.3. The summed E-state index contributed by atoms with van der Waals surface area (Å²) in [7, 11) is -2.87. The topological polar surface area (TPSA) is 151 Å². The van der Waals surface area contributed by atoms with Crippen molar-refractivity contribution < 1.29 is 28.7 Å². The van der Waals surface area contributed by atoms with Gasteiger partial charge in [0.05, 0.1) is 25.7 Å². The highest BCUT2D eigenvalue weighted by molar-refractivity contribution is 7.52. The maximum Gasteiger partial charge on any atom is 0.342 e. The zero-order valence-corrected chi connectivity index (χ0v) is 18.9. The number of amides is 1. The van der Waals surface area contributed by atoms with E-state index in [1.807, 2.05) is 13.8 Å². The molecule has 30 heavy (non-hydrogen) atoms. The Hall–Kier alpha value is -1.77. The first-order valence-corrected chi connectivity index (χ1v) is 11.7. The molecular weight excluding hydrogens is 409 g/mol. The largest absolute Gasteiger partial charge is 0.497 e. The van der Waals surface area contributed by atoms with Gasteiger partial charge in [-0.2, -0.15) is 0 Å². The van der Waals surface area contributed by atoms with Gasteiger partial charge >= 0.3 is 7.60 Å². The third kappa shape index (κ3) is 8.53. The van der Waals surface area contributed by atoms with Gasteiger partial charge in [0.15, 0.2) is 5.78 Å². The molecule has 0 saturated carbocycles. The predicted octanol–water partition coefficient (Wildman–Crippen LogP) is 1.17. The van der Waals surface area contributed by atoms with Crippen LogP contribution in [0.5, 0.6) is 5.75 Å². The smallest absolute Gasteiger partial charge is 0.342 e. The molecule has 0 spiro atoms. The van der Waals surface area contributed by atoms with E-state index in [2.05, 4.69) is 10.6 Å². The molecule has 0 aliphatic heterocycles. The average Bonchev–Trinajstić information content (AvgIpc) is 2.69. The van der Waals surface area contributed by atoms with E-state index in [4.69, 9.17) is 10.5 Å². The third-order valence-corrected chi connectivity index (χ3v) is 6.04. The van der Waals surface area contributed by atoms with Crippen LogP contribution in [0.3, 0.4) is 0 Å². The van der Waals surface area contributed by atoms with Gasteiger partial charge < -0.3 is 25.6 Å². The summed E-state index contributed by atoms with van der Waals surface area (Å²) in [6.07, 6.45) is 0.757. The number of nitrogens with two attached hydrogens (primary N) is 1. The zero-order valence-electron chi connectivity index (χ0n) is 18.0. The van der Waals surface area contributed by atoms with Crippen molar-refractivity contribution in [1.82, 2.24) is 10.6 Å². The standard InChI is InChI=1S/C20H34N3O6P/c1-5-19(30(26,27)28)22-17(10-13(2)3)20(25)23-16(18(24)12-21)11-14-6-8-15(29-4)9-7-14/h6-9,13,16-17,19,22H,5,10-12,21H2,1-4H3,(H,23,25)(H2,26,27,28)/t16-,17+,19-/m0/s1. The van der Waals surface area contributed by atoms with Gasteiger partial charge in [0.25, 0.3) is 0 Å². The summed E-state index contributed by atoms with van der Waals surface area (Å²) in [5.74, 6) is -1.20. The lowest BCUT2D eigenvalue weighted by Crippen LogP contribution is -2.54. The highest BCUT2D eigenvalue weighted by Gasteiger charge is 2.33. The van der Waals surface area contributed by atoms with Crippen molar-refractivity contribution in [2.24, 2.45) is 11.7 Å². The van der Waals surface area contributed by atoms with Gasteiger partial charge in [0.1, 0.15) is 11.5 Å². The Kier molecular flexibility index (Phi) is 10.7. The van der Waals surface area contributed by atoms with Crippen molar-refractivity contribution in [3.05, 3.63) is 29.8 Å². The van der Waals surface area contributed by atoms with E-state index in [1.165, 1.54) is 0 Å². The van der Waals surface area contributed by atoms with Crippen LogP contribution in [-0.4, -0.2) is 53.0 Å². The van der Waals surface area contributed by atoms with Crippen molar-refractivity contribution in [3.63, 3.8) is 0 Å². The van der Waals surface area contributed by atoms with E-state index in [1.54, 1.807) is 38.3 Å². The fourth-order valence-corrected chi connectivity index (χ4v) is 3.91. The molecule has 10 heteroatoms. The van der Waals surface area contributed by atoms with Gasteiger partial charge in [-0.25, -0.2) is 0 Å². The zero-order chi connectivity index (χ0) is 22.9. The van der Waals surface area contributed by atoms with Crippen molar-refractivity contribution >= 4 is 19.3 Å². The molecule has 170 valence electrons. The number of hydrogen-bond donors (Lipinski definition) is 5. The molecule has 0 aromatic heterocycles. The van der Waals surface area contributed by atoms with Gasteiger partial charge in [-0.05, 0) is 42.9 Å². The Balaban J connectivity index is 3.00. The van der Waals surface area contributed by atoms with Crippen LogP contribution >= 0.6 is 7.60 Å². The van der Waals surface area contributed by atoms with Crippen LogP contribution in [0.2, 0.25) is 0 Å². The maximum absolute atomic E-state index is 12.9. The predicted molar refractivity (Wildman–Crippen MR) is 115 cm³/mol. The van der Waals surface area contributed by atoms with E-state index in [9.17, 15) is 23.9 Å². The summed E-state index contributed by atoms with van der Waals surface area (Å²) in [6, 6.07) is 5.42. The molecule has 0 unspecified atom stereocenters. The van der Waals surface area contributed by atoms with Gasteiger partial charge in [-0.15, -0.1) is 0 Å². The van der Waals surface area contributed by atoms with Crippen LogP contribution in [-0.2, 0) is 20.6 Å². The molecule has 1 amide bonds. The van der Waals surface area contributed by atoms with Crippen molar-refractivity contribution in [2.75, 3.05) is 13.7 Å². The SMILES string of the molecule is CC[C@@H](N[C@H](CC(C)C)C(=O)N[C@@H](Cc1ccc(OC)cc1)C(=O)CN)P(=O)(O)O. The number of hydrogen-bond acceptors (Lipinski definition) is 6. The van der Waals surface area contributed by atoms with Crippen LogP contribution in [0.1, 0.15) is 39.2 Å². The minimum absolute atomic E-state index is 0.0905. The summed E-state index contributed by atoms with van der Waals surface area (Å²) in [4.78, 5) is 44.3. The molecule has 1 aromatic rings. The molecule has 0 bridgehead atoms. The summed E-state index contributed by atoms with van der Waals surface area (Å²) < 4.78 is 16.8. The third-order valence-electron chi connectivity index (χ3n) is 4.72. The lowest BCUT2D eigenvalue weighted by Gasteiger charge is -2.28. The average molecular weight is 443 g/mol. The van der Waals surface area contributed by atoms with E-state index < -0.39 is 31.4 Å². The van der Waals surface area contributed by atoms with Gasteiger partial charge in [0, 0.05) is 0 Å². The molecule has 1 aromatic carbocycles. The fourth-order valence-electron chi connectivity index (χ4n) is 3.06. The number of benzene rings is 1. The number of ketones is 1. The Morgan fingerprint density at radius 2 is 1.77 bits per heavy atom. The Bertz CT molecular complexity index is 735. The molecule has 0 radical (unpaired) electrons. The lowest BCUT2D eigenvalue weighted by molar-refractivity contribution is -0.128. The van der Waals surface area contributed by atoms with Gasteiger partial charge in [0.2, 0.25) is 5.91 Å². The molecule has 1 rings (SSSR count). The minimum atomic E-state index is -4.42. The van der Waals surface area contributed by atoms with Crippen molar-refractivity contribution in [1.29, 1.82) is 0 Å². The Morgan fingerprint density at radius 1 is 1.17 bits per heavy atom. The van der Waals surface area contributed by atoms with E-state index in [-0.39, 0.29) is 31.1 Å². The Labute approximate surface area is 177 Å². The molecule has 6 N–H and O–H groups in total. The molecule has 0 saturated heterocycles. The summed E-state index contributed by atoms with van der Waals surface area (Å²) in [5, 5.41) is 5.50. The first-order chi connectivity index (χ1) is 14.0. The van der Waals surface area contributed by atoms with Crippen molar-refractivity contribution in [2.45, 2.75) is 57.9 Å². The summed E-state index contributed by atoms with van der Waals surface area (Å²) in [5.41, 5.74) is 6.34. The first-order valence-electron chi connectivity index (χ1n) is 9.99. The van der Waals surface area contributed by atoms with Crippen LogP contribution in [0.4, 0.5) is 0 Å². The second kappa shape index (κ2) is 12.2. The normalized spacial score (nSPS) is 14.8. The monoisotopic (exact) mass is 443 g/mol. The van der Waals surface area contributed by atoms with Crippen LogP contribution in [0, 0.1) is 5.92 Å². The van der Waals surface area contributed by atoms with Gasteiger partial charge in [-0.3, -0.25) is 19.5 Å². The number of rotatable bonds is 13. The lowest BCUT2D eigenvalue weighted by atomic mass is 9.99. The molecule has 9 nitrogen and oxygen atoms in total. The second-order valence-corrected chi connectivity index (χ2v) is 9.45. The molecule has 3 atom stereocenters. The summed E-state index contributed by atoms with van der Waals surface area (Å²) >= 11 is 0. The number of nitrogens with one attached hydrogen (secondary N) is 2. The van der Waals surface area contributed by atoms with Crippen LogP contribution < -0.4 is 21.1 Å². The second-order valence-electron chi connectivity index (χ2n) is 7.65. The number of carbonyl (C=O) groups excluding carboxylic acids is 2. The van der Waals surface area contributed by atoms with E-state index in [0.717, 1.165) is 5.56 Å². The quantitative estimate of drug-likeness (QED) is 0.285. The number of carbonyl (C=O) groups is 2. The van der Waals surface area contributed by atoms with Crippen LogP contribution in [0.15, 0.2) is 24.3 Å². The molecule has 0 aliphatic carbocycles. The number of Topliss-reactive ketones (excluding diaryl/α,β-unsaturated/α-hetero) is 1. The number of methoxy groups -OCH3 is 1. The molecule has 0 aliphatic rings. The minimum Gasteiger partial charge on any atom is -0.497 e. The molecule has 0 fully saturated rings. The van der Waals surface area contributed by atoms with E-state index in [0.29, 0.717) is 12.2 Å².